The quantitative estimate of drug-likeness (QED) is 0.773. The van der Waals surface area contributed by atoms with E-state index >= 15 is 0 Å². The number of carbonyl (C=O) groups excluding carboxylic acids is 3. The van der Waals surface area contributed by atoms with E-state index < -0.39 is 17.7 Å². The van der Waals surface area contributed by atoms with E-state index in [4.69, 9.17) is 4.74 Å². The van der Waals surface area contributed by atoms with Crippen molar-refractivity contribution < 1.29 is 19.1 Å². The third kappa shape index (κ3) is 6.58. The molecule has 3 amide bonds. The summed E-state index contributed by atoms with van der Waals surface area (Å²) in [5.41, 5.74) is -0.0238. The Morgan fingerprint density at radius 2 is 1.74 bits per heavy atom. The second-order valence-electron chi connectivity index (χ2n) is 7.60. The van der Waals surface area contributed by atoms with E-state index in [9.17, 15) is 14.4 Å². The second-order valence-corrected chi connectivity index (χ2v) is 7.60. The number of ether oxygens (including phenoxy) is 1. The smallest absolute Gasteiger partial charge is 0.410 e. The first-order chi connectivity index (χ1) is 12.8. The average molecular weight is 375 g/mol. The van der Waals surface area contributed by atoms with Crippen LogP contribution in [0.25, 0.3) is 0 Å². The highest BCUT2D eigenvalue weighted by molar-refractivity contribution is 5.94. The Morgan fingerprint density at radius 1 is 1.07 bits per heavy atom. The second kappa shape index (κ2) is 9.39. The minimum Gasteiger partial charge on any atom is -0.444 e. The summed E-state index contributed by atoms with van der Waals surface area (Å²) in [5.74, 6) is -0.396. The summed E-state index contributed by atoms with van der Waals surface area (Å²) in [7, 11) is 0. The van der Waals surface area contributed by atoms with E-state index in [0.717, 1.165) is 12.8 Å². The lowest BCUT2D eigenvalue weighted by molar-refractivity contribution is -0.127. The summed E-state index contributed by atoms with van der Waals surface area (Å²) in [4.78, 5) is 38.4. The van der Waals surface area contributed by atoms with Crippen LogP contribution in [0, 0.1) is 0 Å². The fraction of sp³-hybridized carbons (Fsp3) is 0.550. The van der Waals surface area contributed by atoms with Gasteiger partial charge in [-0.1, -0.05) is 18.2 Å². The van der Waals surface area contributed by atoms with Gasteiger partial charge >= 0.3 is 6.09 Å². The standard InChI is InChI=1S/C20H29N3O4/c1-20(2,3)27-19(26)23-14-8-7-11-16(23)18(25)22-13-12-21-17(24)15-9-5-4-6-10-15/h4-6,9-10,16H,7-8,11-14H2,1-3H3,(H,21,24)(H,22,25). The van der Waals surface area contributed by atoms with Crippen molar-refractivity contribution in [3.8, 4) is 0 Å². The highest BCUT2D eigenvalue weighted by Gasteiger charge is 2.34. The van der Waals surface area contributed by atoms with Crippen molar-refractivity contribution in [3.05, 3.63) is 35.9 Å². The Labute approximate surface area is 160 Å². The van der Waals surface area contributed by atoms with Crippen LogP contribution in [0.2, 0.25) is 0 Å². The Balaban J connectivity index is 1.81. The molecule has 0 saturated carbocycles. The predicted molar refractivity (Wildman–Crippen MR) is 102 cm³/mol. The number of carbonyl (C=O) groups is 3. The van der Waals surface area contributed by atoms with Gasteiger partial charge in [-0.05, 0) is 52.2 Å². The van der Waals surface area contributed by atoms with Crippen molar-refractivity contribution in [2.75, 3.05) is 19.6 Å². The van der Waals surface area contributed by atoms with Gasteiger partial charge in [0.1, 0.15) is 11.6 Å². The van der Waals surface area contributed by atoms with Crippen molar-refractivity contribution >= 4 is 17.9 Å². The zero-order valence-electron chi connectivity index (χ0n) is 16.3. The lowest BCUT2D eigenvalue weighted by atomic mass is 10.0. The molecule has 1 fully saturated rings. The van der Waals surface area contributed by atoms with Crippen LogP contribution >= 0.6 is 0 Å². The molecule has 7 heteroatoms. The normalized spacial score (nSPS) is 17.1. The van der Waals surface area contributed by atoms with Gasteiger partial charge in [-0.15, -0.1) is 0 Å². The molecule has 27 heavy (non-hydrogen) atoms. The van der Waals surface area contributed by atoms with Crippen molar-refractivity contribution in [3.63, 3.8) is 0 Å². The maximum atomic E-state index is 12.5. The van der Waals surface area contributed by atoms with Crippen LogP contribution in [0.3, 0.4) is 0 Å². The Morgan fingerprint density at radius 3 is 2.41 bits per heavy atom. The monoisotopic (exact) mass is 375 g/mol. The van der Waals surface area contributed by atoms with Gasteiger partial charge in [0.25, 0.3) is 5.91 Å². The van der Waals surface area contributed by atoms with Crippen LogP contribution in [-0.4, -0.2) is 54.1 Å². The fourth-order valence-corrected chi connectivity index (χ4v) is 2.91. The number of nitrogens with zero attached hydrogens (tertiary/aromatic N) is 1. The van der Waals surface area contributed by atoms with Gasteiger partial charge in [-0.25, -0.2) is 4.79 Å². The number of nitrogens with one attached hydrogen (secondary N) is 2. The molecule has 7 nitrogen and oxygen atoms in total. The largest absolute Gasteiger partial charge is 0.444 e. The molecule has 2 rings (SSSR count). The zero-order chi connectivity index (χ0) is 19.9. The van der Waals surface area contributed by atoms with E-state index in [1.165, 1.54) is 4.90 Å². The molecule has 0 spiro atoms. The van der Waals surface area contributed by atoms with E-state index in [0.29, 0.717) is 31.6 Å². The molecule has 1 aromatic carbocycles. The van der Waals surface area contributed by atoms with Gasteiger partial charge in [0, 0.05) is 25.2 Å². The highest BCUT2D eigenvalue weighted by atomic mass is 16.6. The van der Waals surface area contributed by atoms with Crippen LogP contribution < -0.4 is 10.6 Å². The molecule has 1 unspecified atom stereocenters. The lowest BCUT2D eigenvalue weighted by Gasteiger charge is -2.35. The maximum absolute atomic E-state index is 12.5. The number of amides is 3. The highest BCUT2D eigenvalue weighted by Crippen LogP contribution is 2.20. The molecule has 1 heterocycles. The van der Waals surface area contributed by atoms with Gasteiger partial charge in [0.05, 0.1) is 0 Å². The van der Waals surface area contributed by atoms with Gasteiger partial charge in [0.15, 0.2) is 0 Å². The first-order valence-corrected chi connectivity index (χ1v) is 9.38. The maximum Gasteiger partial charge on any atom is 0.410 e. The summed E-state index contributed by atoms with van der Waals surface area (Å²) < 4.78 is 5.41. The minimum atomic E-state index is -0.600. The van der Waals surface area contributed by atoms with Crippen molar-refractivity contribution in [2.24, 2.45) is 0 Å². The third-order valence-corrected chi connectivity index (χ3v) is 4.18. The number of benzene rings is 1. The topological polar surface area (TPSA) is 87.7 Å². The first-order valence-electron chi connectivity index (χ1n) is 9.38. The van der Waals surface area contributed by atoms with Crippen molar-refractivity contribution in [1.82, 2.24) is 15.5 Å². The molecule has 0 bridgehead atoms. The van der Waals surface area contributed by atoms with Crippen LogP contribution in [0.4, 0.5) is 4.79 Å². The van der Waals surface area contributed by atoms with Gasteiger partial charge < -0.3 is 15.4 Å². The van der Waals surface area contributed by atoms with Crippen molar-refractivity contribution in [1.29, 1.82) is 0 Å². The summed E-state index contributed by atoms with van der Waals surface area (Å²) in [5, 5.41) is 5.57. The van der Waals surface area contributed by atoms with Crippen LogP contribution in [0.5, 0.6) is 0 Å². The number of piperidine rings is 1. The summed E-state index contributed by atoms with van der Waals surface area (Å²) >= 11 is 0. The molecule has 148 valence electrons. The molecule has 0 aromatic heterocycles. The summed E-state index contributed by atoms with van der Waals surface area (Å²) in [6, 6.07) is 8.37. The van der Waals surface area contributed by atoms with E-state index in [1.54, 1.807) is 45.0 Å². The van der Waals surface area contributed by atoms with Crippen LogP contribution in [0.1, 0.15) is 50.4 Å². The van der Waals surface area contributed by atoms with E-state index in [2.05, 4.69) is 10.6 Å². The third-order valence-electron chi connectivity index (χ3n) is 4.18. The molecular weight excluding hydrogens is 346 g/mol. The zero-order valence-corrected chi connectivity index (χ0v) is 16.3. The first kappa shape index (κ1) is 20.7. The summed E-state index contributed by atoms with van der Waals surface area (Å²) in [6.45, 7) is 6.55. The molecule has 2 N–H and O–H groups in total. The summed E-state index contributed by atoms with van der Waals surface area (Å²) in [6.07, 6.45) is 1.90. The van der Waals surface area contributed by atoms with E-state index in [-0.39, 0.29) is 11.8 Å². The molecular formula is C20H29N3O4. The number of likely N-dealkylation sites (tertiary alicyclic amines) is 1. The SMILES string of the molecule is CC(C)(C)OC(=O)N1CCCCC1C(=O)NCCNC(=O)c1ccccc1. The lowest BCUT2D eigenvalue weighted by Crippen LogP contribution is -2.53. The van der Waals surface area contributed by atoms with E-state index in [1.807, 2.05) is 6.07 Å². The minimum absolute atomic E-state index is 0.183. The van der Waals surface area contributed by atoms with Crippen LogP contribution in [-0.2, 0) is 9.53 Å². The fourth-order valence-electron chi connectivity index (χ4n) is 2.91. The van der Waals surface area contributed by atoms with Gasteiger partial charge in [-0.3, -0.25) is 14.5 Å². The molecule has 1 saturated heterocycles. The molecule has 1 aliphatic rings. The Bertz CT molecular complexity index is 655. The van der Waals surface area contributed by atoms with Crippen molar-refractivity contribution in [2.45, 2.75) is 51.7 Å². The number of hydrogen-bond acceptors (Lipinski definition) is 4. The molecule has 1 aromatic rings. The number of rotatable bonds is 5. The molecule has 0 radical (unpaired) electrons. The Hall–Kier alpha value is -2.57. The molecule has 0 aliphatic carbocycles. The van der Waals surface area contributed by atoms with Crippen LogP contribution in [0.15, 0.2) is 30.3 Å². The molecule has 1 atom stereocenters. The van der Waals surface area contributed by atoms with Gasteiger partial charge in [0.2, 0.25) is 5.91 Å². The number of hydrogen-bond donors (Lipinski definition) is 2. The molecule has 1 aliphatic heterocycles. The average Bonchev–Trinajstić information content (AvgIpc) is 2.64. The Kier molecular flexibility index (Phi) is 7.21. The van der Waals surface area contributed by atoms with Gasteiger partial charge in [-0.2, -0.15) is 0 Å². The predicted octanol–water partition coefficient (Wildman–Crippen LogP) is 2.32.